The molecule has 0 bridgehead atoms. The molecule has 0 aromatic heterocycles. The summed E-state index contributed by atoms with van der Waals surface area (Å²) in [7, 11) is 1.60. The maximum absolute atomic E-state index is 12.9. The first-order valence-corrected chi connectivity index (χ1v) is 6.35. The third-order valence-electron chi connectivity index (χ3n) is 2.59. The summed E-state index contributed by atoms with van der Waals surface area (Å²) in [6.07, 6.45) is 0.693. The normalized spacial score (nSPS) is 12.2. The second-order valence-corrected chi connectivity index (χ2v) is 4.48. The lowest BCUT2D eigenvalue weighted by molar-refractivity contribution is -0.121. The molecule has 5 heteroatoms. The van der Waals surface area contributed by atoms with Crippen LogP contribution >= 0.6 is 0 Å². The summed E-state index contributed by atoms with van der Waals surface area (Å²) < 4.78 is 17.9. The topological polar surface area (TPSA) is 50.4 Å². The van der Waals surface area contributed by atoms with Gasteiger partial charge in [-0.25, -0.2) is 4.39 Å². The molecule has 19 heavy (non-hydrogen) atoms. The van der Waals surface area contributed by atoms with E-state index < -0.39 is 0 Å². The molecular formula is C14H21FN2O2. The Morgan fingerprint density at radius 2 is 2.26 bits per heavy atom. The van der Waals surface area contributed by atoms with Gasteiger partial charge in [0.05, 0.1) is 13.2 Å². The summed E-state index contributed by atoms with van der Waals surface area (Å²) >= 11 is 0. The summed E-state index contributed by atoms with van der Waals surface area (Å²) in [6, 6.07) is 6.47. The molecule has 4 nitrogen and oxygen atoms in total. The van der Waals surface area contributed by atoms with Gasteiger partial charge in [-0.2, -0.15) is 0 Å². The zero-order valence-corrected chi connectivity index (χ0v) is 11.4. The summed E-state index contributed by atoms with van der Waals surface area (Å²) in [5.41, 5.74) is 0.917. The van der Waals surface area contributed by atoms with Gasteiger partial charge in [-0.1, -0.05) is 12.1 Å². The Morgan fingerprint density at radius 1 is 1.47 bits per heavy atom. The number of ether oxygens (including phenoxy) is 1. The number of methoxy groups -OCH3 is 1. The van der Waals surface area contributed by atoms with Gasteiger partial charge in [-0.3, -0.25) is 4.79 Å². The lowest BCUT2D eigenvalue weighted by Crippen LogP contribution is -2.41. The number of halogens is 1. The van der Waals surface area contributed by atoms with Crippen LogP contribution in [0.2, 0.25) is 0 Å². The van der Waals surface area contributed by atoms with Crippen molar-refractivity contribution in [3.8, 4) is 0 Å². The molecule has 106 valence electrons. The minimum Gasteiger partial charge on any atom is -0.383 e. The first-order valence-electron chi connectivity index (χ1n) is 6.35. The Bertz CT molecular complexity index is 399. The highest BCUT2D eigenvalue weighted by Crippen LogP contribution is 2.03. The molecule has 2 N–H and O–H groups in total. The number of rotatable bonds is 8. The van der Waals surface area contributed by atoms with E-state index in [1.165, 1.54) is 12.1 Å². The molecule has 0 aliphatic carbocycles. The molecule has 1 rings (SSSR count). The Balaban J connectivity index is 2.15. The summed E-state index contributed by atoms with van der Waals surface area (Å²) in [5.74, 6) is -0.299. The van der Waals surface area contributed by atoms with Crippen LogP contribution in [-0.4, -0.2) is 38.8 Å². The fourth-order valence-corrected chi connectivity index (χ4v) is 1.74. The highest BCUT2D eigenvalue weighted by molar-refractivity contribution is 5.78. The fraction of sp³-hybridized carbons (Fsp3) is 0.500. The van der Waals surface area contributed by atoms with E-state index in [9.17, 15) is 9.18 Å². The van der Waals surface area contributed by atoms with Gasteiger partial charge in [0.2, 0.25) is 5.91 Å². The predicted octanol–water partition coefficient (Wildman–Crippen LogP) is 1.11. The number of hydrogen-bond acceptors (Lipinski definition) is 3. The average Bonchev–Trinajstić information content (AvgIpc) is 2.35. The third kappa shape index (κ3) is 6.88. The first-order chi connectivity index (χ1) is 9.11. The standard InChI is InChI=1S/C14H21FN2O2/c1-11(10-19-2)17-14(18)9-16-7-6-12-4-3-5-13(15)8-12/h3-5,8,11,16H,6-7,9-10H2,1-2H3,(H,17,18). The SMILES string of the molecule is COCC(C)NC(=O)CNCCc1cccc(F)c1. The van der Waals surface area contributed by atoms with Crippen molar-refractivity contribution in [2.75, 3.05) is 26.8 Å². The maximum Gasteiger partial charge on any atom is 0.234 e. The zero-order valence-electron chi connectivity index (χ0n) is 11.4. The van der Waals surface area contributed by atoms with Crippen molar-refractivity contribution in [1.82, 2.24) is 10.6 Å². The molecule has 1 unspecified atom stereocenters. The predicted molar refractivity (Wildman–Crippen MR) is 72.5 cm³/mol. The van der Waals surface area contributed by atoms with E-state index >= 15 is 0 Å². The van der Waals surface area contributed by atoms with Crippen molar-refractivity contribution in [2.24, 2.45) is 0 Å². The van der Waals surface area contributed by atoms with E-state index in [0.29, 0.717) is 19.6 Å². The Morgan fingerprint density at radius 3 is 2.95 bits per heavy atom. The zero-order chi connectivity index (χ0) is 14.1. The molecule has 1 atom stereocenters. The number of hydrogen-bond donors (Lipinski definition) is 2. The molecule has 0 aliphatic rings. The molecule has 1 aromatic carbocycles. The molecule has 0 saturated heterocycles. The molecule has 0 spiro atoms. The number of benzene rings is 1. The van der Waals surface area contributed by atoms with E-state index in [-0.39, 0.29) is 24.3 Å². The fourth-order valence-electron chi connectivity index (χ4n) is 1.74. The molecule has 0 fully saturated rings. The van der Waals surface area contributed by atoms with Crippen LogP contribution in [0.3, 0.4) is 0 Å². The highest BCUT2D eigenvalue weighted by Gasteiger charge is 2.05. The van der Waals surface area contributed by atoms with Crippen LogP contribution in [0.25, 0.3) is 0 Å². The molecule has 0 heterocycles. The van der Waals surface area contributed by atoms with Gasteiger partial charge in [-0.15, -0.1) is 0 Å². The molecule has 0 saturated carbocycles. The van der Waals surface area contributed by atoms with E-state index in [2.05, 4.69) is 10.6 Å². The van der Waals surface area contributed by atoms with Gasteiger partial charge in [-0.05, 0) is 37.6 Å². The van der Waals surface area contributed by atoms with Gasteiger partial charge in [0.15, 0.2) is 0 Å². The molecule has 0 aliphatic heterocycles. The van der Waals surface area contributed by atoms with Crippen LogP contribution in [0, 0.1) is 5.82 Å². The van der Waals surface area contributed by atoms with Gasteiger partial charge < -0.3 is 15.4 Å². The number of carbonyl (C=O) groups excluding carboxylic acids is 1. The van der Waals surface area contributed by atoms with Crippen LogP contribution in [0.15, 0.2) is 24.3 Å². The minimum absolute atomic E-state index is 0.00233. The summed E-state index contributed by atoms with van der Waals surface area (Å²) in [6.45, 7) is 3.27. The second kappa shape index (κ2) is 8.61. The monoisotopic (exact) mass is 268 g/mol. The van der Waals surface area contributed by atoms with Crippen molar-refractivity contribution < 1.29 is 13.9 Å². The quantitative estimate of drug-likeness (QED) is 0.694. The lowest BCUT2D eigenvalue weighted by Gasteiger charge is -2.13. The Hall–Kier alpha value is -1.46. The van der Waals surface area contributed by atoms with Crippen molar-refractivity contribution in [3.05, 3.63) is 35.6 Å². The van der Waals surface area contributed by atoms with Crippen LogP contribution < -0.4 is 10.6 Å². The van der Waals surface area contributed by atoms with Crippen LogP contribution in [0.1, 0.15) is 12.5 Å². The highest BCUT2D eigenvalue weighted by atomic mass is 19.1. The van der Waals surface area contributed by atoms with Crippen LogP contribution in [0.5, 0.6) is 0 Å². The molecule has 0 radical (unpaired) electrons. The van der Waals surface area contributed by atoms with Crippen LogP contribution in [-0.2, 0) is 16.0 Å². The van der Waals surface area contributed by atoms with Gasteiger partial charge in [0.1, 0.15) is 5.82 Å². The van der Waals surface area contributed by atoms with Gasteiger partial charge in [0, 0.05) is 13.2 Å². The first kappa shape index (κ1) is 15.6. The summed E-state index contributed by atoms with van der Waals surface area (Å²) in [4.78, 5) is 11.5. The summed E-state index contributed by atoms with van der Waals surface area (Å²) in [5, 5.41) is 5.83. The van der Waals surface area contributed by atoms with E-state index in [1.807, 2.05) is 13.0 Å². The lowest BCUT2D eigenvalue weighted by atomic mass is 10.1. The molecule has 1 amide bonds. The van der Waals surface area contributed by atoms with Crippen molar-refractivity contribution in [2.45, 2.75) is 19.4 Å². The Labute approximate surface area is 113 Å². The number of nitrogens with one attached hydrogen (secondary N) is 2. The van der Waals surface area contributed by atoms with Crippen molar-refractivity contribution in [3.63, 3.8) is 0 Å². The van der Waals surface area contributed by atoms with Crippen molar-refractivity contribution in [1.29, 1.82) is 0 Å². The maximum atomic E-state index is 12.9. The largest absolute Gasteiger partial charge is 0.383 e. The van der Waals surface area contributed by atoms with Crippen molar-refractivity contribution >= 4 is 5.91 Å². The van der Waals surface area contributed by atoms with Crippen LogP contribution in [0.4, 0.5) is 4.39 Å². The molecular weight excluding hydrogens is 247 g/mol. The second-order valence-electron chi connectivity index (χ2n) is 4.48. The number of amides is 1. The van der Waals surface area contributed by atoms with Gasteiger partial charge in [0.25, 0.3) is 0 Å². The van der Waals surface area contributed by atoms with Gasteiger partial charge >= 0.3 is 0 Å². The van der Waals surface area contributed by atoms with E-state index in [1.54, 1.807) is 13.2 Å². The third-order valence-corrected chi connectivity index (χ3v) is 2.59. The Kier molecular flexibility index (Phi) is 7.07. The van der Waals surface area contributed by atoms with E-state index in [0.717, 1.165) is 5.56 Å². The smallest absolute Gasteiger partial charge is 0.234 e. The average molecular weight is 268 g/mol. The number of carbonyl (C=O) groups is 1. The minimum atomic E-state index is -0.233. The molecule has 1 aromatic rings. The van der Waals surface area contributed by atoms with E-state index in [4.69, 9.17) is 4.74 Å².